The van der Waals surface area contributed by atoms with Gasteiger partial charge in [0.05, 0.1) is 18.2 Å². The molecule has 0 spiro atoms. The van der Waals surface area contributed by atoms with Crippen LogP contribution in [0.5, 0.6) is 5.75 Å². The van der Waals surface area contributed by atoms with Gasteiger partial charge in [0, 0.05) is 42.2 Å². The fourth-order valence-electron chi connectivity index (χ4n) is 3.68. The first-order chi connectivity index (χ1) is 16.2. The fraction of sp³-hybridized carbons (Fsp3) is 0.160. The van der Waals surface area contributed by atoms with E-state index >= 15 is 0 Å². The molecule has 2 aromatic heterocycles. The van der Waals surface area contributed by atoms with Crippen LogP contribution in [0.15, 0.2) is 67.0 Å². The molecule has 0 saturated heterocycles. The van der Waals surface area contributed by atoms with Crippen LogP contribution in [-0.4, -0.2) is 46.5 Å². The summed E-state index contributed by atoms with van der Waals surface area (Å²) < 4.78 is 5.55. The van der Waals surface area contributed by atoms with Crippen molar-refractivity contribution in [2.45, 2.75) is 6.42 Å². The Bertz CT molecular complexity index is 1260. The molecule has 4 N–H and O–H groups in total. The number of hydroxylamine groups is 1. The molecule has 4 aromatic rings. The zero-order valence-corrected chi connectivity index (χ0v) is 18.1. The van der Waals surface area contributed by atoms with Crippen LogP contribution in [-0.2, 0) is 0 Å². The van der Waals surface area contributed by atoms with Crippen molar-refractivity contribution in [3.8, 4) is 28.1 Å². The number of fused-ring (bicyclic) bond motifs is 1. The number of hydrogen-bond acceptors (Lipinski definition) is 7. The second kappa shape index (κ2) is 10.1. The third-order valence-electron chi connectivity index (χ3n) is 5.32. The molecule has 0 aliphatic heterocycles. The molecule has 0 aliphatic rings. The Hall–Kier alpha value is -4.01. The third-order valence-corrected chi connectivity index (χ3v) is 5.32. The van der Waals surface area contributed by atoms with Crippen LogP contribution in [0.25, 0.3) is 33.3 Å². The van der Waals surface area contributed by atoms with E-state index < -0.39 is 5.91 Å². The Morgan fingerprint density at radius 3 is 2.30 bits per heavy atom. The molecule has 0 atom stereocenters. The van der Waals surface area contributed by atoms with E-state index in [-0.39, 0.29) is 17.9 Å². The van der Waals surface area contributed by atoms with Crippen LogP contribution in [0.1, 0.15) is 16.8 Å². The summed E-state index contributed by atoms with van der Waals surface area (Å²) in [7, 11) is 1.46. The van der Waals surface area contributed by atoms with E-state index in [9.17, 15) is 10.0 Å². The van der Waals surface area contributed by atoms with Crippen LogP contribution in [0, 0.1) is 0 Å². The lowest BCUT2D eigenvalue weighted by atomic mass is 9.99. The van der Waals surface area contributed by atoms with Crippen LogP contribution >= 0.6 is 0 Å². The Kier molecular flexibility index (Phi) is 6.77. The van der Waals surface area contributed by atoms with Crippen molar-refractivity contribution < 1.29 is 19.8 Å². The number of methoxy groups -OCH3 is 1. The van der Waals surface area contributed by atoms with Gasteiger partial charge in [-0.25, -0.2) is 10.5 Å². The molecule has 0 radical (unpaired) electrons. The maximum absolute atomic E-state index is 12.4. The third kappa shape index (κ3) is 4.62. The van der Waals surface area contributed by atoms with Gasteiger partial charge in [-0.05, 0) is 35.7 Å². The van der Waals surface area contributed by atoms with Gasteiger partial charge in [-0.15, -0.1) is 0 Å². The monoisotopic (exact) mass is 444 g/mol. The van der Waals surface area contributed by atoms with E-state index in [1.54, 1.807) is 17.7 Å². The Labute approximate surface area is 190 Å². The number of anilines is 1. The smallest absolute Gasteiger partial charge is 0.279 e. The number of nitrogens with zero attached hydrogens (tertiary/aromatic N) is 2. The van der Waals surface area contributed by atoms with E-state index in [0.717, 1.165) is 28.9 Å². The number of carbonyl (C=O) groups is 1. The summed E-state index contributed by atoms with van der Waals surface area (Å²) in [6.07, 6.45) is 3.82. The lowest BCUT2D eigenvalue weighted by Gasteiger charge is -2.15. The number of nitrogens with one attached hydrogen (secondary N) is 2. The largest absolute Gasteiger partial charge is 0.494 e. The summed E-state index contributed by atoms with van der Waals surface area (Å²) in [5.74, 6) is -0.439. The molecule has 8 heteroatoms. The zero-order valence-electron chi connectivity index (χ0n) is 18.1. The standard InChI is InChI=1S/C25H24N4O4/c1-33-24-22(25(31)29-32)20-15-26-13-11-21(20)28-23(24)18-5-3-16(4-6-18)17-7-9-19(10-8-17)27-12-2-14-30/h3-11,13,15,27,30,32H,2,12,14H2,1H3,(H,29,31). The maximum Gasteiger partial charge on any atom is 0.279 e. The lowest BCUT2D eigenvalue weighted by molar-refractivity contribution is 0.0705. The molecule has 8 nitrogen and oxygen atoms in total. The van der Waals surface area contributed by atoms with Gasteiger partial charge < -0.3 is 15.2 Å². The number of aliphatic hydroxyl groups excluding tert-OH is 1. The number of amides is 1. The van der Waals surface area contributed by atoms with E-state index in [0.29, 0.717) is 23.0 Å². The topological polar surface area (TPSA) is 117 Å². The highest BCUT2D eigenvalue weighted by Gasteiger charge is 2.22. The van der Waals surface area contributed by atoms with Crippen LogP contribution in [0.2, 0.25) is 0 Å². The van der Waals surface area contributed by atoms with Crippen LogP contribution < -0.4 is 15.5 Å². The van der Waals surface area contributed by atoms with Gasteiger partial charge in [0.2, 0.25) is 0 Å². The van der Waals surface area contributed by atoms with Crippen LogP contribution in [0.3, 0.4) is 0 Å². The lowest BCUT2D eigenvalue weighted by Crippen LogP contribution is -2.20. The summed E-state index contributed by atoms with van der Waals surface area (Å²) in [6, 6.07) is 17.6. The Morgan fingerprint density at radius 2 is 1.67 bits per heavy atom. The molecular formula is C25H24N4O4. The van der Waals surface area contributed by atoms with E-state index in [2.05, 4.69) is 10.3 Å². The molecule has 4 rings (SSSR count). The summed E-state index contributed by atoms with van der Waals surface area (Å²) in [4.78, 5) is 21.2. The minimum absolute atomic E-state index is 0.164. The summed E-state index contributed by atoms with van der Waals surface area (Å²) in [6.45, 7) is 0.884. The van der Waals surface area contributed by atoms with Gasteiger partial charge in [0.15, 0.2) is 5.75 Å². The molecule has 0 fully saturated rings. The molecule has 1 amide bonds. The van der Waals surface area contributed by atoms with Gasteiger partial charge in [-0.3, -0.25) is 15.0 Å². The van der Waals surface area contributed by atoms with E-state index in [1.165, 1.54) is 13.3 Å². The molecule has 0 bridgehead atoms. The number of benzene rings is 2. The predicted molar refractivity (Wildman–Crippen MR) is 126 cm³/mol. The number of rotatable bonds is 8. The highest BCUT2D eigenvalue weighted by molar-refractivity contribution is 6.09. The van der Waals surface area contributed by atoms with Gasteiger partial charge in [-0.1, -0.05) is 36.4 Å². The molecule has 0 aliphatic carbocycles. The van der Waals surface area contributed by atoms with E-state index in [4.69, 9.17) is 14.8 Å². The number of pyridine rings is 2. The quantitative estimate of drug-likeness (QED) is 0.185. The predicted octanol–water partition coefficient (Wildman–Crippen LogP) is 3.89. The highest BCUT2D eigenvalue weighted by Crippen LogP contribution is 2.36. The molecule has 0 saturated carbocycles. The minimum atomic E-state index is -0.696. The van der Waals surface area contributed by atoms with Crippen molar-refractivity contribution in [3.05, 3.63) is 72.6 Å². The highest BCUT2D eigenvalue weighted by atomic mass is 16.5. The first-order valence-corrected chi connectivity index (χ1v) is 10.5. The summed E-state index contributed by atoms with van der Waals surface area (Å²) >= 11 is 0. The van der Waals surface area contributed by atoms with Crippen molar-refractivity contribution in [1.29, 1.82) is 0 Å². The second-order valence-electron chi connectivity index (χ2n) is 7.36. The summed E-state index contributed by atoms with van der Waals surface area (Å²) in [5, 5.41) is 21.9. The molecule has 33 heavy (non-hydrogen) atoms. The zero-order chi connectivity index (χ0) is 23.2. The van der Waals surface area contributed by atoms with E-state index in [1.807, 2.05) is 48.5 Å². The first kappa shape index (κ1) is 22.2. The van der Waals surface area contributed by atoms with Gasteiger partial charge in [0.1, 0.15) is 5.69 Å². The molecule has 0 unspecified atom stereocenters. The Morgan fingerprint density at radius 1 is 1.00 bits per heavy atom. The number of hydrogen-bond donors (Lipinski definition) is 4. The molecular weight excluding hydrogens is 420 g/mol. The average Bonchev–Trinajstić information content (AvgIpc) is 2.87. The van der Waals surface area contributed by atoms with Gasteiger partial charge in [-0.2, -0.15) is 0 Å². The molecule has 2 aromatic carbocycles. The fourth-order valence-corrected chi connectivity index (χ4v) is 3.68. The minimum Gasteiger partial charge on any atom is -0.494 e. The summed E-state index contributed by atoms with van der Waals surface area (Å²) in [5.41, 5.74) is 6.75. The van der Waals surface area contributed by atoms with Crippen molar-refractivity contribution in [2.24, 2.45) is 0 Å². The van der Waals surface area contributed by atoms with Crippen molar-refractivity contribution in [1.82, 2.24) is 15.4 Å². The number of carbonyl (C=O) groups excluding carboxylic acids is 1. The maximum atomic E-state index is 12.4. The number of aromatic nitrogens is 2. The second-order valence-corrected chi connectivity index (χ2v) is 7.36. The SMILES string of the molecule is COc1c(-c2ccc(-c3ccc(NCCCO)cc3)cc2)nc2ccncc2c1C(=O)NO. The molecule has 168 valence electrons. The van der Waals surface area contributed by atoms with Gasteiger partial charge in [0.25, 0.3) is 5.91 Å². The number of aliphatic hydroxyl groups is 1. The van der Waals surface area contributed by atoms with Crippen molar-refractivity contribution in [2.75, 3.05) is 25.6 Å². The van der Waals surface area contributed by atoms with Crippen molar-refractivity contribution >= 4 is 22.5 Å². The average molecular weight is 444 g/mol. The number of ether oxygens (including phenoxy) is 1. The first-order valence-electron chi connectivity index (χ1n) is 10.5. The van der Waals surface area contributed by atoms with Crippen LogP contribution in [0.4, 0.5) is 5.69 Å². The normalized spacial score (nSPS) is 10.8. The Balaban J connectivity index is 1.69. The van der Waals surface area contributed by atoms with Gasteiger partial charge >= 0.3 is 0 Å². The molecule has 2 heterocycles. The van der Waals surface area contributed by atoms with Crippen molar-refractivity contribution in [3.63, 3.8) is 0 Å².